The Kier molecular flexibility index (Phi) is 7.97. The van der Waals surface area contributed by atoms with Crippen LogP contribution in [0.4, 0.5) is 17.2 Å². The fourth-order valence-corrected chi connectivity index (χ4v) is 6.64. The highest BCUT2D eigenvalue weighted by molar-refractivity contribution is 6.36. The second-order valence-corrected chi connectivity index (χ2v) is 12.2. The zero-order valence-electron chi connectivity index (χ0n) is 25.3. The van der Waals surface area contributed by atoms with Gasteiger partial charge in [0.2, 0.25) is 0 Å². The number of hydrogen-bond donors (Lipinski definition) is 4. The molecule has 11 heteroatoms. The first-order chi connectivity index (χ1) is 21.9. The molecule has 4 N–H and O–H groups in total. The number of anilines is 3. The van der Waals surface area contributed by atoms with Crippen LogP contribution in [-0.4, -0.2) is 61.2 Å². The zero-order chi connectivity index (χ0) is 31.1. The number of nitrogens with one attached hydrogen (secondary N) is 3. The van der Waals surface area contributed by atoms with E-state index in [-0.39, 0.29) is 12.0 Å². The molecule has 0 aliphatic carbocycles. The second-order valence-electron chi connectivity index (χ2n) is 11.8. The first-order valence-electron chi connectivity index (χ1n) is 15.2. The lowest BCUT2D eigenvalue weighted by atomic mass is 9.98. The lowest BCUT2D eigenvalue weighted by Crippen LogP contribution is -2.24. The van der Waals surface area contributed by atoms with Crippen molar-refractivity contribution in [3.05, 3.63) is 94.3 Å². The van der Waals surface area contributed by atoms with E-state index in [4.69, 9.17) is 16.6 Å². The molecule has 1 amide bonds. The Labute approximate surface area is 266 Å². The summed E-state index contributed by atoms with van der Waals surface area (Å²) in [6.45, 7) is 5.85. The number of β-amino-alcohol motifs (C(OH)–C–C–N with tert-alkyl or cyclic N) is 1. The highest BCUT2D eigenvalue weighted by atomic mass is 35.5. The monoisotopic (exact) mass is 622 g/mol. The minimum absolute atomic E-state index is 0.246. The number of imidazole rings is 1. The number of benzene rings is 2. The normalized spacial score (nSPS) is 16.6. The number of aliphatic hydroxyl groups excluding tert-OH is 1. The van der Waals surface area contributed by atoms with Crippen molar-refractivity contribution in [2.24, 2.45) is 7.05 Å². The molecule has 5 heterocycles. The van der Waals surface area contributed by atoms with Gasteiger partial charge in [0.15, 0.2) is 11.6 Å². The third-order valence-corrected chi connectivity index (χ3v) is 9.17. The molecule has 0 bridgehead atoms. The molecule has 2 aromatic carbocycles. The van der Waals surface area contributed by atoms with E-state index in [2.05, 4.69) is 36.9 Å². The van der Waals surface area contributed by atoms with Crippen LogP contribution in [0.3, 0.4) is 0 Å². The first-order valence-corrected chi connectivity index (χ1v) is 15.6. The third-order valence-electron chi connectivity index (χ3n) is 8.76. The molecule has 1 fully saturated rings. The van der Waals surface area contributed by atoms with Crippen molar-refractivity contribution in [3.63, 3.8) is 0 Å². The number of amides is 1. The van der Waals surface area contributed by atoms with Crippen molar-refractivity contribution in [1.82, 2.24) is 29.7 Å². The van der Waals surface area contributed by atoms with Gasteiger partial charge in [-0.1, -0.05) is 35.9 Å². The molecule has 45 heavy (non-hydrogen) atoms. The fourth-order valence-electron chi connectivity index (χ4n) is 6.36. The number of likely N-dealkylation sites (tertiary alicyclic amines) is 1. The van der Waals surface area contributed by atoms with Crippen LogP contribution in [0.25, 0.3) is 22.0 Å². The van der Waals surface area contributed by atoms with Gasteiger partial charge in [-0.3, -0.25) is 14.7 Å². The van der Waals surface area contributed by atoms with Crippen molar-refractivity contribution in [3.8, 4) is 11.1 Å². The quantitative estimate of drug-likeness (QED) is 0.196. The molecule has 10 nitrogen and oxygen atoms in total. The molecule has 1 atom stereocenters. The fraction of sp³-hybridized carbons (Fsp3) is 0.294. The largest absolute Gasteiger partial charge is 0.392 e. The molecule has 5 aromatic rings. The number of halogens is 1. The third kappa shape index (κ3) is 5.78. The van der Waals surface area contributed by atoms with E-state index in [1.165, 1.54) is 0 Å². The summed E-state index contributed by atoms with van der Waals surface area (Å²) in [5.41, 5.74) is 7.90. The first kappa shape index (κ1) is 29.4. The van der Waals surface area contributed by atoms with Crippen molar-refractivity contribution < 1.29 is 9.90 Å². The SMILES string of the molecule is Cc1c(NC(=O)c2nc3c(n2C)CCNC3)cccc1-c1cccc(Nc2nccc3cc(CN4CC[C@@H](O)C4)cnc23)c1Cl. The molecule has 7 rings (SSSR count). The minimum Gasteiger partial charge on any atom is -0.392 e. The standard InChI is InChI=1S/C34H35ClN8O2/c1-20-24(5-3-7-26(20)41-34(45)33-40-28-17-36-12-10-29(28)42(33)2)25-6-4-8-27(30(25)35)39-32-31-22(9-13-37-32)15-21(16-38-31)18-43-14-11-23(44)19-43/h3-9,13,15-16,23,36,44H,10-12,14,17-19H2,1-2H3,(H,37,39)(H,41,45)/t23-/m1/s1. The highest BCUT2D eigenvalue weighted by Gasteiger charge is 2.23. The average Bonchev–Trinajstić information content (AvgIpc) is 3.61. The lowest BCUT2D eigenvalue weighted by molar-refractivity contribution is 0.101. The molecule has 0 saturated carbocycles. The number of rotatable bonds is 7. The topological polar surface area (TPSA) is 120 Å². The van der Waals surface area contributed by atoms with E-state index in [1.54, 1.807) is 6.20 Å². The van der Waals surface area contributed by atoms with Crippen LogP contribution in [0.1, 0.15) is 39.6 Å². The molecular weight excluding hydrogens is 588 g/mol. The Balaban J connectivity index is 1.13. The molecule has 0 unspecified atom stereocenters. The molecule has 230 valence electrons. The number of carbonyl (C=O) groups excluding carboxylic acids is 1. The van der Waals surface area contributed by atoms with E-state index in [0.29, 0.717) is 41.1 Å². The van der Waals surface area contributed by atoms with Gasteiger partial charge in [-0.05, 0) is 54.3 Å². The van der Waals surface area contributed by atoms with Gasteiger partial charge in [0.05, 0.1) is 22.5 Å². The summed E-state index contributed by atoms with van der Waals surface area (Å²) in [7, 11) is 1.90. The number of pyridine rings is 2. The van der Waals surface area contributed by atoms with Gasteiger partial charge < -0.3 is 25.6 Å². The van der Waals surface area contributed by atoms with Gasteiger partial charge >= 0.3 is 0 Å². The second kappa shape index (κ2) is 12.2. The Morgan fingerprint density at radius 2 is 1.96 bits per heavy atom. The van der Waals surface area contributed by atoms with Gasteiger partial charge in [0.1, 0.15) is 5.52 Å². The average molecular weight is 623 g/mol. The Morgan fingerprint density at radius 1 is 1.13 bits per heavy atom. The van der Waals surface area contributed by atoms with Crippen LogP contribution < -0.4 is 16.0 Å². The van der Waals surface area contributed by atoms with Gasteiger partial charge in [0, 0.05) is 80.9 Å². The maximum atomic E-state index is 13.3. The lowest BCUT2D eigenvalue weighted by Gasteiger charge is -2.17. The van der Waals surface area contributed by atoms with Crippen LogP contribution in [0.15, 0.2) is 60.9 Å². The Hall–Kier alpha value is -4.35. The van der Waals surface area contributed by atoms with Gasteiger partial charge in [-0.15, -0.1) is 0 Å². The van der Waals surface area contributed by atoms with Crippen molar-refractivity contribution in [2.75, 3.05) is 30.3 Å². The zero-order valence-corrected chi connectivity index (χ0v) is 26.0. The maximum Gasteiger partial charge on any atom is 0.291 e. The number of fused-ring (bicyclic) bond motifs is 2. The maximum absolute atomic E-state index is 13.3. The number of aliphatic hydroxyl groups is 1. The summed E-state index contributed by atoms with van der Waals surface area (Å²) in [4.78, 5) is 29.5. The van der Waals surface area contributed by atoms with Crippen LogP contribution in [-0.2, 0) is 26.6 Å². The smallest absolute Gasteiger partial charge is 0.291 e. The Morgan fingerprint density at radius 3 is 2.76 bits per heavy atom. The van der Waals surface area contributed by atoms with E-state index in [0.717, 1.165) is 77.0 Å². The summed E-state index contributed by atoms with van der Waals surface area (Å²) < 4.78 is 1.90. The van der Waals surface area contributed by atoms with Gasteiger partial charge in [-0.2, -0.15) is 0 Å². The molecule has 2 aliphatic rings. The number of carbonyl (C=O) groups is 1. The number of hydrogen-bond acceptors (Lipinski definition) is 8. The van der Waals surface area contributed by atoms with Crippen LogP contribution >= 0.6 is 11.6 Å². The van der Waals surface area contributed by atoms with E-state index < -0.39 is 0 Å². The summed E-state index contributed by atoms with van der Waals surface area (Å²) in [6, 6.07) is 15.7. The van der Waals surface area contributed by atoms with Crippen molar-refractivity contribution >= 4 is 45.6 Å². The summed E-state index contributed by atoms with van der Waals surface area (Å²) >= 11 is 7.04. The molecule has 1 saturated heterocycles. The number of aromatic nitrogens is 4. The molecule has 2 aliphatic heterocycles. The summed E-state index contributed by atoms with van der Waals surface area (Å²) in [5.74, 6) is 0.765. The van der Waals surface area contributed by atoms with Gasteiger partial charge in [0.25, 0.3) is 5.91 Å². The van der Waals surface area contributed by atoms with E-state index >= 15 is 0 Å². The molecule has 3 aromatic heterocycles. The van der Waals surface area contributed by atoms with Crippen molar-refractivity contribution in [2.45, 2.75) is 39.0 Å². The van der Waals surface area contributed by atoms with Crippen LogP contribution in [0.2, 0.25) is 5.02 Å². The highest BCUT2D eigenvalue weighted by Crippen LogP contribution is 2.39. The Bertz CT molecular complexity index is 1920. The van der Waals surface area contributed by atoms with Crippen molar-refractivity contribution in [1.29, 1.82) is 0 Å². The molecule has 0 radical (unpaired) electrons. The summed E-state index contributed by atoms with van der Waals surface area (Å²) in [5, 5.41) is 21.2. The summed E-state index contributed by atoms with van der Waals surface area (Å²) in [6.07, 6.45) is 5.04. The number of nitrogens with zero attached hydrogens (tertiary/aromatic N) is 5. The van der Waals surface area contributed by atoms with E-state index in [1.807, 2.05) is 67.2 Å². The molecule has 0 spiro atoms. The van der Waals surface area contributed by atoms with Gasteiger partial charge in [-0.25, -0.2) is 9.97 Å². The van der Waals surface area contributed by atoms with E-state index in [9.17, 15) is 9.90 Å². The van der Waals surface area contributed by atoms with Crippen LogP contribution in [0.5, 0.6) is 0 Å². The molecular formula is C34H35ClN8O2. The minimum atomic E-state index is -0.251. The van der Waals surface area contributed by atoms with Crippen LogP contribution in [0, 0.1) is 6.92 Å². The predicted molar refractivity (Wildman–Crippen MR) is 177 cm³/mol. The predicted octanol–water partition coefficient (Wildman–Crippen LogP) is 5.20.